The first-order chi connectivity index (χ1) is 8.28. The lowest BCUT2D eigenvalue weighted by Gasteiger charge is -2.12. The van der Waals surface area contributed by atoms with Gasteiger partial charge in [0, 0.05) is 0 Å². The van der Waals surface area contributed by atoms with Crippen molar-refractivity contribution >= 4 is 6.41 Å². The van der Waals surface area contributed by atoms with Gasteiger partial charge in [0.05, 0.1) is 0 Å². The van der Waals surface area contributed by atoms with Crippen molar-refractivity contribution < 1.29 is 4.79 Å². The molecule has 1 aromatic rings. The van der Waals surface area contributed by atoms with E-state index in [1.165, 1.54) is 5.56 Å². The number of hydrogen-bond donors (Lipinski definition) is 1. The highest BCUT2D eigenvalue weighted by atomic mass is 16.1. The van der Waals surface area contributed by atoms with E-state index in [2.05, 4.69) is 49.2 Å². The molecule has 0 fully saturated rings. The van der Waals surface area contributed by atoms with E-state index in [1.54, 1.807) is 0 Å². The Morgan fingerprint density at radius 2 is 1.59 bits per heavy atom. The standard InChI is InChI=1S/C14H18.CH3NO/c1-3-8-13(9-4-2)12-14-10-6-5-7-11-14;2-1-3/h3-7,10-11,13H,1-2,8-9,12H2;1H,(H2,2,3). The molecule has 0 heterocycles. The Labute approximate surface area is 104 Å². The number of nitrogens with two attached hydrogens (primary N) is 1. The van der Waals surface area contributed by atoms with Crippen LogP contribution >= 0.6 is 0 Å². The van der Waals surface area contributed by atoms with Gasteiger partial charge in [-0.25, -0.2) is 0 Å². The van der Waals surface area contributed by atoms with E-state index in [9.17, 15) is 0 Å². The molecule has 0 radical (unpaired) electrons. The fourth-order valence-corrected chi connectivity index (χ4v) is 1.68. The Hall–Kier alpha value is -1.83. The molecule has 0 aromatic heterocycles. The molecule has 1 rings (SSSR count). The predicted octanol–water partition coefficient (Wildman–Crippen LogP) is 3.10. The average Bonchev–Trinajstić information content (AvgIpc) is 2.32. The van der Waals surface area contributed by atoms with Crippen molar-refractivity contribution in [1.82, 2.24) is 0 Å². The zero-order valence-electron chi connectivity index (χ0n) is 10.2. The average molecular weight is 231 g/mol. The summed E-state index contributed by atoms with van der Waals surface area (Å²) in [6, 6.07) is 10.6. The maximum absolute atomic E-state index is 8.58. The van der Waals surface area contributed by atoms with E-state index < -0.39 is 0 Å². The van der Waals surface area contributed by atoms with Crippen LogP contribution in [-0.2, 0) is 11.2 Å². The van der Waals surface area contributed by atoms with Gasteiger partial charge in [-0.05, 0) is 30.7 Å². The first-order valence-electron chi connectivity index (χ1n) is 5.69. The monoisotopic (exact) mass is 231 g/mol. The van der Waals surface area contributed by atoms with E-state index in [1.807, 2.05) is 12.2 Å². The zero-order chi connectivity index (χ0) is 12.9. The second-order valence-corrected chi connectivity index (χ2v) is 3.74. The second-order valence-electron chi connectivity index (χ2n) is 3.74. The summed E-state index contributed by atoms with van der Waals surface area (Å²) in [6.07, 6.45) is 7.51. The Balaban J connectivity index is 0.000000770. The van der Waals surface area contributed by atoms with Crippen LogP contribution in [0.3, 0.4) is 0 Å². The highest BCUT2D eigenvalue weighted by Gasteiger charge is 2.05. The van der Waals surface area contributed by atoms with Gasteiger partial charge in [0.2, 0.25) is 6.41 Å². The van der Waals surface area contributed by atoms with Gasteiger partial charge in [-0.1, -0.05) is 42.5 Å². The molecule has 1 aromatic carbocycles. The van der Waals surface area contributed by atoms with E-state index in [0.717, 1.165) is 19.3 Å². The number of rotatable bonds is 6. The molecule has 1 amide bonds. The first-order valence-corrected chi connectivity index (χ1v) is 5.69. The molecular formula is C15H21NO. The molecule has 0 bridgehead atoms. The van der Waals surface area contributed by atoms with Gasteiger partial charge in [0.25, 0.3) is 0 Å². The topological polar surface area (TPSA) is 43.1 Å². The van der Waals surface area contributed by atoms with Gasteiger partial charge in [-0.15, -0.1) is 13.2 Å². The van der Waals surface area contributed by atoms with Crippen molar-refractivity contribution in [2.75, 3.05) is 0 Å². The summed E-state index contributed by atoms with van der Waals surface area (Å²) in [5, 5.41) is 0. The molecule has 0 aliphatic heterocycles. The Bertz CT molecular complexity index is 309. The van der Waals surface area contributed by atoms with Crippen LogP contribution in [0.25, 0.3) is 0 Å². The maximum atomic E-state index is 8.58. The quantitative estimate of drug-likeness (QED) is 0.593. The van der Waals surface area contributed by atoms with E-state index in [0.29, 0.717) is 5.92 Å². The van der Waals surface area contributed by atoms with E-state index in [-0.39, 0.29) is 6.41 Å². The van der Waals surface area contributed by atoms with E-state index in [4.69, 9.17) is 4.79 Å². The molecule has 0 aliphatic rings. The first kappa shape index (κ1) is 15.2. The number of carbonyl (C=O) groups excluding carboxylic acids is 1. The van der Waals surface area contributed by atoms with E-state index >= 15 is 0 Å². The summed E-state index contributed by atoms with van der Waals surface area (Å²) in [6.45, 7) is 7.58. The van der Waals surface area contributed by atoms with Gasteiger partial charge in [0.15, 0.2) is 0 Å². The predicted molar refractivity (Wildman–Crippen MR) is 73.5 cm³/mol. The van der Waals surface area contributed by atoms with Gasteiger partial charge < -0.3 is 5.73 Å². The summed E-state index contributed by atoms with van der Waals surface area (Å²) in [5.74, 6) is 0.660. The van der Waals surface area contributed by atoms with Crippen molar-refractivity contribution in [2.45, 2.75) is 19.3 Å². The molecule has 17 heavy (non-hydrogen) atoms. The summed E-state index contributed by atoms with van der Waals surface area (Å²) < 4.78 is 0. The summed E-state index contributed by atoms with van der Waals surface area (Å²) in [5.41, 5.74) is 5.57. The molecule has 0 atom stereocenters. The number of hydrogen-bond acceptors (Lipinski definition) is 1. The second kappa shape index (κ2) is 10.7. The van der Waals surface area contributed by atoms with Crippen molar-refractivity contribution in [3.8, 4) is 0 Å². The molecule has 2 heteroatoms. The molecule has 0 aliphatic carbocycles. The van der Waals surface area contributed by atoms with Crippen LogP contribution in [0.2, 0.25) is 0 Å². The third-order valence-corrected chi connectivity index (χ3v) is 2.37. The highest BCUT2D eigenvalue weighted by molar-refractivity contribution is 5.42. The van der Waals surface area contributed by atoms with Gasteiger partial charge in [0.1, 0.15) is 0 Å². The molecule has 2 N–H and O–H groups in total. The number of benzene rings is 1. The summed E-state index contributed by atoms with van der Waals surface area (Å²) in [4.78, 5) is 8.58. The van der Waals surface area contributed by atoms with Gasteiger partial charge in [-0.3, -0.25) is 4.79 Å². The van der Waals surface area contributed by atoms with Crippen LogP contribution in [-0.4, -0.2) is 6.41 Å². The Kier molecular flexibility index (Phi) is 9.53. The third-order valence-electron chi connectivity index (χ3n) is 2.37. The lowest BCUT2D eigenvalue weighted by atomic mass is 9.93. The van der Waals surface area contributed by atoms with Gasteiger partial charge in [-0.2, -0.15) is 0 Å². The van der Waals surface area contributed by atoms with Gasteiger partial charge >= 0.3 is 0 Å². The number of primary amides is 1. The van der Waals surface area contributed by atoms with Crippen molar-refractivity contribution in [2.24, 2.45) is 11.7 Å². The minimum absolute atomic E-state index is 0.250. The van der Waals surface area contributed by atoms with Crippen LogP contribution in [0, 0.1) is 5.92 Å². The van der Waals surface area contributed by atoms with Crippen LogP contribution in [0.5, 0.6) is 0 Å². The molecule has 0 unspecified atom stereocenters. The number of amides is 1. The minimum atomic E-state index is 0.250. The highest BCUT2D eigenvalue weighted by Crippen LogP contribution is 2.16. The number of allylic oxidation sites excluding steroid dienone is 2. The molecule has 0 saturated heterocycles. The summed E-state index contributed by atoms with van der Waals surface area (Å²) >= 11 is 0. The fraction of sp³-hybridized carbons (Fsp3) is 0.267. The van der Waals surface area contributed by atoms with Crippen LogP contribution in [0.15, 0.2) is 55.6 Å². The summed E-state index contributed by atoms with van der Waals surface area (Å²) in [7, 11) is 0. The van der Waals surface area contributed by atoms with Crippen LogP contribution < -0.4 is 5.73 Å². The van der Waals surface area contributed by atoms with Crippen LogP contribution in [0.4, 0.5) is 0 Å². The lowest BCUT2D eigenvalue weighted by Crippen LogP contribution is -2.02. The normalized spacial score (nSPS) is 9.00. The lowest BCUT2D eigenvalue weighted by molar-refractivity contribution is -0.106. The third kappa shape index (κ3) is 8.03. The maximum Gasteiger partial charge on any atom is 0.204 e. The van der Waals surface area contributed by atoms with Crippen molar-refractivity contribution in [3.05, 3.63) is 61.2 Å². The number of carbonyl (C=O) groups is 1. The van der Waals surface area contributed by atoms with Crippen molar-refractivity contribution in [3.63, 3.8) is 0 Å². The molecule has 2 nitrogen and oxygen atoms in total. The minimum Gasteiger partial charge on any atom is -0.372 e. The Morgan fingerprint density at radius 1 is 1.12 bits per heavy atom. The SMILES string of the molecule is C=CCC(CC=C)Cc1ccccc1.NC=O. The molecule has 0 saturated carbocycles. The molecule has 92 valence electrons. The van der Waals surface area contributed by atoms with Crippen molar-refractivity contribution in [1.29, 1.82) is 0 Å². The Morgan fingerprint density at radius 3 is 2.00 bits per heavy atom. The smallest absolute Gasteiger partial charge is 0.204 e. The largest absolute Gasteiger partial charge is 0.372 e. The molecular weight excluding hydrogens is 210 g/mol. The fourth-order valence-electron chi connectivity index (χ4n) is 1.68. The van der Waals surface area contributed by atoms with Crippen LogP contribution in [0.1, 0.15) is 18.4 Å². The molecule has 0 spiro atoms. The zero-order valence-corrected chi connectivity index (χ0v) is 10.2.